The summed E-state index contributed by atoms with van der Waals surface area (Å²) in [5.41, 5.74) is -2.11. The standard InChI is InChI=1S/C20H22F6N2O2/c21-19(22,23)14-7-12(8-15(10-14)20(24,25)26)11-27-18(29)13-1-2-17(9-13)28-16-3-5-30-6-4-16/h7-8,10,13,16H,1-6,9,11H2,(H,27,29)/t13-/m0/s1. The van der Waals surface area contributed by atoms with Gasteiger partial charge in [0.2, 0.25) is 5.91 Å². The van der Waals surface area contributed by atoms with Crippen molar-refractivity contribution in [2.45, 2.75) is 57.0 Å². The molecule has 3 rings (SSSR count). The van der Waals surface area contributed by atoms with Gasteiger partial charge in [0, 0.05) is 31.4 Å². The van der Waals surface area contributed by atoms with Gasteiger partial charge in [-0.05, 0) is 55.9 Å². The Morgan fingerprint density at radius 2 is 1.60 bits per heavy atom. The van der Waals surface area contributed by atoms with E-state index in [1.165, 1.54) is 0 Å². The van der Waals surface area contributed by atoms with Crippen LogP contribution in [0.15, 0.2) is 23.2 Å². The summed E-state index contributed by atoms with van der Waals surface area (Å²) in [6.45, 7) is 0.902. The quantitative estimate of drug-likeness (QED) is 0.692. The molecule has 0 spiro atoms. The van der Waals surface area contributed by atoms with Crippen molar-refractivity contribution in [1.82, 2.24) is 5.32 Å². The molecule has 0 aromatic heterocycles. The number of benzene rings is 1. The maximum atomic E-state index is 12.9. The van der Waals surface area contributed by atoms with Crippen molar-refractivity contribution in [1.29, 1.82) is 0 Å². The zero-order chi connectivity index (χ0) is 21.9. The van der Waals surface area contributed by atoms with E-state index in [1.807, 2.05) is 0 Å². The number of carbonyl (C=O) groups excluding carboxylic acids is 1. The Morgan fingerprint density at radius 3 is 2.17 bits per heavy atom. The zero-order valence-corrected chi connectivity index (χ0v) is 16.1. The van der Waals surface area contributed by atoms with Crippen LogP contribution in [0.2, 0.25) is 0 Å². The second kappa shape index (κ2) is 8.95. The monoisotopic (exact) mass is 436 g/mol. The number of hydrogen-bond acceptors (Lipinski definition) is 3. The molecule has 4 nitrogen and oxygen atoms in total. The van der Waals surface area contributed by atoms with E-state index < -0.39 is 35.9 Å². The van der Waals surface area contributed by atoms with Gasteiger partial charge in [0.25, 0.3) is 0 Å². The molecule has 1 amide bonds. The highest BCUT2D eigenvalue weighted by molar-refractivity contribution is 5.93. The normalized spacial score (nSPS) is 22.5. The molecule has 10 heteroatoms. The molecule has 2 aliphatic rings. The van der Waals surface area contributed by atoms with E-state index in [-0.39, 0.29) is 23.6 Å². The lowest BCUT2D eigenvalue weighted by Crippen LogP contribution is -2.29. The maximum Gasteiger partial charge on any atom is 0.416 e. The average molecular weight is 436 g/mol. The Morgan fingerprint density at radius 1 is 1.00 bits per heavy atom. The summed E-state index contributed by atoms with van der Waals surface area (Å²) in [4.78, 5) is 17.1. The molecule has 1 aromatic rings. The number of hydrogen-bond donors (Lipinski definition) is 1. The van der Waals surface area contributed by atoms with E-state index in [4.69, 9.17) is 4.74 Å². The van der Waals surface area contributed by atoms with Crippen LogP contribution in [-0.2, 0) is 28.4 Å². The first-order valence-corrected chi connectivity index (χ1v) is 9.72. The number of aliphatic imine (C=N–C) groups is 1. The van der Waals surface area contributed by atoms with Crippen molar-refractivity contribution in [3.63, 3.8) is 0 Å². The van der Waals surface area contributed by atoms with Crippen molar-refractivity contribution in [2.24, 2.45) is 10.9 Å². The number of ether oxygens (including phenoxy) is 1. The van der Waals surface area contributed by atoms with Crippen LogP contribution < -0.4 is 5.32 Å². The van der Waals surface area contributed by atoms with Gasteiger partial charge in [-0.3, -0.25) is 9.79 Å². The fraction of sp³-hybridized carbons (Fsp3) is 0.600. The lowest BCUT2D eigenvalue weighted by atomic mass is 10.0. The first kappa shape index (κ1) is 22.6. The minimum absolute atomic E-state index is 0.0708. The number of nitrogens with zero attached hydrogens (tertiary/aromatic N) is 1. The van der Waals surface area contributed by atoms with Gasteiger partial charge in [0.05, 0.1) is 17.2 Å². The number of rotatable bonds is 4. The molecule has 30 heavy (non-hydrogen) atoms. The van der Waals surface area contributed by atoms with E-state index >= 15 is 0 Å². The molecule has 1 saturated heterocycles. The molecule has 1 aliphatic carbocycles. The SMILES string of the molecule is O=C(NCc1cc(C(F)(F)F)cc(C(F)(F)F)c1)[C@H]1CCC(=NC2CCOCC2)C1. The molecule has 0 radical (unpaired) electrons. The Hall–Kier alpha value is -2.10. The number of amides is 1. The first-order valence-electron chi connectivity index (χ1n) is 9.72. The third-order valence-electron chi connectivity index (χ3n) is 5.30. The number of alkyl halides is 6. The molecule has 1 N–H and O–H groups in total. The van der Waals surface area contributed by atoms with Crippen LogP contribution in [0.25, 0.3) is 0 Å². The first-order chi connectivity index (χ1) is 14.0. The summed E-state index contributed by atoms with van der Waals surface area (Å²) in [5, 5.41) is 2.47. The van der Waals surface area contributed by atoms with E-state index in [1.54, 1.807) is 0 Å². The van der Waals surface area contributed by atoms with Gasteiger partial charge in [-0.15, -0.1) is 0 Å². The largest absolute Gasteiger partial charge is 0.416 e. The summed E-state index contributed by atoms with van der Waals surface area (Å²) in [6, 6.07) is 1.51. The van der Waals surface area contributed by atoms with Crippen molar-refractivity contribution in [3.8, 4) is 0 Å². The highest BCUT2D eigenvalue weighted by Gasteiger charge is 2.37. The lowest BCUT2D eigenvalue weighted by Gasteiger charge is -2.19. The number of carbonyl (C=O) groups is 1. The van der Waals surface area contributed by atoms with Gasteiger partial charge in [-0.1, -0.05) is 0 Å². The molecule has 1 atom stereocenters. The second-order valence-electron chi connectivity index (χ2n) is 7.61. The fourth-order valence-corrected chi connectivity index (χ4v) is 3.70. The maximum absolute atomic E-state index is 12.9. The number of halogens is 6. The predicted molar refractivity (Wildman–Crippen MR) is 96.9 cm³/mol. The van der Waals surface area contributed by atoms with Crippen molar-refractivity contribution < 1.29 is 35.9 Å². The van der Waals surface area contributed by atoms with Gasteiger partial charge in [0.15, 0.2) is 0 Å². The van der Waals surface area contributed by atoms with Crippen LogP contribution in [0.1, 0.15) is 48.8 Å². The molecule has 2 fully saturated rings. The van der Waals surface area contributed by atoms with Crippen LogP contribution in [0, 0.1) is 5.92 Å². The third-order valence-corrected chi connectivity index (χ3v) is 5.30. The van der Waals surface area contributed by atoms with Crippen molar-refractivity contribution in [2.75, 3.05) is 13.2 Å². The Kier molecular flexibility index (Phi) is 6.74. The van der Waals surface area contributed by atoms with Crippen LogP contribution >= 0.6 is 0 Å². The summed E-state index contributed by atoms with van der Waals surface area (Å²) in [7, 11) is 0. The van der Waals surface area contributed by atoms with Gasteiger partial charge >= 0.3 is 12.4 Å². The second-order valence-corrected chi connectivity index (χ2v) is 7.61. The minimum Gasteiger partial charge on any atom is -0.381 e. The molecular weight excluding hydrogens is 414 g/mol. The van der Waals surface area contributed by atoms with E-state index in [2.05, 4.69) is 10.3 Å². The molecular formula is C20H22F6N2O2. The van der Waals surface area contributed by atoms with Gasteiger partial charge in [-0.2, -0.15) is 26.3 Å². The average Bonchev–Trinajstić information content (AvgIpc) is 3.14. The van der Waals surface area contributed by atoms with E-state index in [0.29, 0.717) is 44.6 Å². The topological polar surface area (TPSA) is 50.7 Å². The summed E-state index contributed by atoms with van der Waals surface area (Å²) < 4.78 is 82.9. The zero-order valence-electron chi connectivity index (χ0n) is 16.1. The fourth-order valence-electron chi connectivity index (χ4n) is 3.70. The van der Waals surface area contributed by atoms with Crippen molar-refractivity contribution in [3.05, 3.63) is 34.9 Å². The molecule has 1 saturated carbocycles. The minimum atomic E-state index is -4.92. The summed E-state index contributed by atoms with van der Waals surface area (Å²) in [6.07, 6.45) is -6.49. The van der Waals surface area contributed by atoms with Gasteiger partial charge < -0.3 is 10.1 Å². The van der Waals surface area contributed by atoms with Crippen molar-refractivity contribution >= 4 is 11.6 Å². The Labute approximate surface area is 169 Å². The third kappa shape index (κ3) is 5.96. The molecule has 1 aromatic carbocycles. The summed E-state index contributed by atoms with van der Waals surface area (Å²) >= 11 is 0. The highest BCUT2D eigenvalue weighted by atomic mass is 19.4. The van der Waals surface area contributed by atoms with Crippen LogP contribution in [0.3, 0.4) is 0 Å². The van der Waals surface area contributed by atoms with E-state index in [0.717, 1.165) is 18.6 Å². The highest BCUT2D eigenvalue weighted by Crippen LogP contribution is 2.36. The van der Waals surface area contributed by atoms with Gasteiger partial charge in [0.1, 0.15) is 0 Å². The van der Waals surface area contributed by atoms with E-state index in [9.17, 15) is 31.1 Å². The molecule has 1 aliphatic heterocycles. The van der Waals surface area contributed by atoms with Crippen LogP contribution in [-0.4, -0.2) is 30.9 Å². The molecule has 166 valence electrons. The number of nitrogens with one attached hydrogen (secondary N) is 1. The lowest BCUT2D eigenvalue weighted by molar-refractivity contribution is -0.143. The summed E-state index contributed by atoms with van der Waals surface area (Å²) in [5.74, 6) is -0.769. The predicted octanol–water partition coefficient (Wildman–Crippen LogP) is 4.76. The van der Waals surface area contributed by atoms with Gasteiger partial charge in [-0.25, -0.2) is 0 Å². The van der Waals surface area contributed by atoms with Crippen LogP contribution in [0.5, 0.6) is 0 Å². The molecule has 1 heterocycles. The molecule has 0 bridgehead atoms. The Bertz CT molecular complexity index is 765. The molecule has 0 unspecified atom stereocenters. The van der Waals surface area contributed by atoms with Crippen LogP contribution in [0.4, 0.5) is 26.3 Å². The Balaban J connectivity index is 1.62. The smallest absolute Gasteiger partial charge is 0.381 e.